The number of nitrogens with zero attached hydrogens (tertiary/aromatic N) is 1. The van der Waals surface area contributed by atoms with Gasteiger partial charge in [-0.15, -0.1) is 0 Å². The van der Waals surface area contributed by atoms with Crippen molar-refractivity contribution in [2.45, 2.75) is 44.7 Å². The Bertz CT molecular complexity index is 361. The minimum absolute atomic E-state index is 0.217. The molecule has 0 saturated carbocycles. The van der Waals surface area contributed by atoms with Crippen LogP contribution >= 0.6 is 0 Å². The van der Waals surface area contributed by atoms with Crippen LogP contribution in [-0.4, -0.2) is 49.2 Å². The van der Waals surface area contributed by atoms with Crippen LogP contribution in [0.15, 0.2) is 0 Å². The Labute approximate surface area is 96.9 Å². The van der Waals surface area contributed by atoms with Crippen molar-refractivity contribution in [3.8, 4) is 0 Å². The summed E-state index contributed by atoms with van der Waals surface area (Å²) in [6.45, 7) is 2.29. The second kappa shape index (κ2) is 4.45. The summed E-state index contributed by atoms with van der Waals surface area (Å²) < 4.78 is 22.9. The lowest BCUT2D eigenvalue weighted by atomic mass is 10.0. The molecule has 5 heteroatoms. The highest BCUT2D eigenvalue weighted by atomic mass is 32.2. The fourth-order valence-corrected chi connectivity index (χ4v) is 3.59. The summed E-state index contributed by atoms with van der Waals surface area (Å²) in [4.78, 5) is 13.6. The molecular formula is C11H19NO3S. The van der Waals surface area contributed by atoms with Gasteiger partial charge in [0, 0.05) is 37.2 Å². The number of rotatable bonds is 4. The van der Waals surface area contributed by atoms with Gasteiger partial charge in [0.25, 0.3) is 0 Å². The quantitative estimate of drug-likeness (QED) is 0.728. The van der Waals surface area contributed by atoms with E-state index in [0.717, 1.165) is 12.8 Å². The molecule has 2 fully saturated rings. The van der Waals surface area contributed by atoms with Gasteiger partial charge in [0.05, 0.1) is 5.75 Å². The van der Waals surface area contributed by atoms with Crippen molar-refractivity contribution in [3.05, 3.63) is 0 Å². The van der Waals surface area contributed by atoms with Crippen LogP contribution in [0.2, 0.25) is 0 Å². The third-order valence-electron chi connectivity index (χ3n) is 3.80. The number of Topliss-reactive ketones (excluding diaryl/α,β-unsaturated/α-hetero) is 1. The number of ketones is 1. The van der Waals surface area contributed by atoms with Crippen molar-refractivity contribution < 1.29 is 13.2 Å². The first-order valence-corrected chi connectivity index (χ1v) is 7.82. The first-order chi connectivity index (χ1) is 7.52. The minimum atomic E-state index is -2.88. The molecule has 2 atom stereocenters. The lowest BCUT2D eigenvalue weighted by molar-refractivity contribution is -0.123. The molecule has 2 rings (SSSR count). The standard InChI is InChI=1S/C11H19NO3S/c1-2-16(14,15)6-5-12-9-3-4-10(12)8-11(13)7-9/h9-10H,2-8H2,1H3. The molecule has 0 radical (unpaired) electrons. The molecule has 0 aliphatic carbocycles. The van der Waals surface area contributed by atoms with Gasteiger partial charge in [-0.1, -0.05) is 6.92 Å². The number of hydrogen-bond acceptors (Lipinski definition) is 4. The SMILES string of the molecule is CCS(=O)(=O)CCN1C2CCC1CC(=O)C2. The van der Waals surface area contributed by atoms with Crippen molar-refractivity contribution >= 4 is 15.6 Å². The van der Waals surface area contributed by atoms with Gasteiger partial charge in [-0.3, -0.25) is 9.69 Å². The first kappa shape index (κ1) is 12.0. The van der Waals surface area contributed by atoms with Gasteiger partial charge in [-0.05, 0) is 12.8 Å². The maximum Gasteiger partial charge on any atom is 0.151 e. The van der Waals surface area contributed by atoms with Crippen molar-refractivity contribution in [1.29, 1.82) is 0 Å². The summed E-state index contributed by atoms with van der Waals surface area (Å²) >= 11 is 0. The summed E-state index contributed by atoms with van der Waals surface area (Å²) in [5.74, 6) is 0.807. The molecule has 0 N–H and O–H groups in total. The van der Waals surface area contributed by atoms with E-state index >= 15 is 0 Å². The molecule has 4 nitrogen and oxygen atoms in total. The van der Waals surface area contributed by atoms with E-state index < -0.39 is 9.84 Å². The van der Waals surface area contributed by atoms with Crippen LogP contribution in [0.5, 0.6) is 0 Å². The van der Waals surface area contributed by atoms with Crippen molar-refractivity contribution in [2.75, 3.05) is 18.1 Å². The fraction of sp³-hybridized carbons (Fsp3) is 0.909. The molecule has 2 aliphatic heterocycles. The van der Waals surface area contributed by atoms with Gasteiger partial charge in [-0.2, -0.15) is 0 Å². The number of piperidine rings is 1. The minimum Gasteiger partial charge on any atom is -0.300 e. The van der Waals surface area contributed by atoms with Gasteiger partial charge in [0.1, 0.15) is 5.78 Å². The second-order valence-corrected chi connectivity index (χ2v) is 7.28. The number of carbonyl (C=O) groups excluding carboxylic acids is 1. The molecule has 92 valence electrons. The summed E-state index contributed by atoms with van der Waals surface area (Å²) in [6, 6.07) is 0.636. The van der Waals surface area contributed by atoms with Gasteiger partial charge in [0.2, 0.25) is 0 Å². The predicted octanol–water partition coefficient (Wildman–Crippen LogP) is 0.617. The molecule has 2 saturated heterocycles. The number of fused-ring (bicyclic) bond motifs is 2. The summed E-state index contributed by atoms with van der Waals surface area (Å²) in [7, 11) is -2.88. The molecule has 0 aromatic rings. The van der Waals surface area contributed by atoms with E-state index in [9.17, 15) is 13.2 Å². The third-order valence-corrected chi connectivity index (χ3v) is 5.48. The maximum atomic E-state index is 11.4. The van der Waals surface area contributed by atoms with E-state index in [1.54, 1.807) is 6.92 Å². The van der Waals surface area contributed by atoms with Gasteiger partial charge < -0.3 is 0 Å². The maximum absolute atomic E-state index is 11.4. The third kappa shape index (κ3) is 2.46. The highest BCUT2D eigenvalue weighted by Gasteiger charge is 2.39. The lowest BCUT2D eigenvalue weighted by Crippen LogP contribution is -2.45. The first-order valence-electron chi connectivity index (χ1n) is 5.99. The zero-order chi connectivity index (χ0) is 11.8. The van der Waals surface area contributed by atoms with Crippen molar-refractivity contribution in [3.63, 3.8) is 0 Å². The number of hydrogen-bond donors (Lipinski definition) is 0. The molecule has 0 spiro atoms. The van der Waals surface area contributed by atoms with Crippen LogP contribution in [-0.2, 0) is 14.6 Å². The van der Waals surface area contributed by atoms with Crippen LogP contribution in [0.3, 0.4) is 0 Å². The molecule has 0 amide bonds. The van der Waals surface area contributed by atoms with Crippen LogP contribution in [0.4, 0.5) is 0 Å². The van der Waals surface area contributed by atoms with E-state index in [1.807, 2.05) is 0 Å². The summed E-state index contributed by atoms with van der Waals surface area (Å²) in [6.07, 6.45) is 3.37. The van der Waals surface area contributed by atoms with Crippen molar-refractivity contribution in [2.24, 2.45) is 0 Å². The molecule has 2 bridgehead atoms. The monoisotopic (exact) mass is 245 g/mol. The number of carbonyl (C=O) groups is 1. The second-order valence-electron chi connectivity index (χ2n) is 4.81. The molecule has 16 heavy (non-hydrogen) atoms. The van der Waals surface area contributed by atoms with E-state index in [-0.39, 0.29) is 11.5 Å². The van der Waals surface area contributed by atoms with Gasteiger partial charge >= 0.3 is 0 Å². The Morgan fingerprint density at radius 3 is 2.31 bits per heavy atom. The van der Waals surface area contributed by atoms with E-state index in [0.29, 0.717) is 37.3 Å². The Morgan fingerprint density at radius 1 is 1.25 bits per heavy atom. The highest BCUT2D eigenvalue weighted by Crippen LogP contribution is 2.33. The molecule has 0 aromatic heterocycles. The van der Waals surface area contributed by atoms with Crippen LogP contribution in [0.1, 0.15) is 32.6 Å². The Kier molecular flexibility index (Phi) is 3.35. The highest BCUT2D eigenvalue weighted by molar-refractivity contribution is 7.91. The molecule has 2 heterocycles. The number of sulfone groups is 1. The fourth-order valence-electron chi connectivity index (χ4n) is 2.82. The average Bonchev–Trinajstić information content (AvgIpc) is 2.47. The topological polar surface area (TPSA) is 54.5 Å². The van der Waals surface area contributed by atoms with Crippen molar-refractivity contribution in [1.82, 2.24) is 4.90 Å². The zero-order valence-corrected chi connectivity index (χ0v) is 10.5. The van der Waals surface area contributed by atoms with E-state index in [2.05, 4.69) is 4.90 Å². The predicted molar refractivity (Wildman–Crippen MR) is 62.1 cm³/mol. The molecule has 0 aromatic carbocycles. The van der Waals surface area contributed by atoms with Crippen LogP contribution < -0.4 is 0 Å². The van der Waals surface area contributed by atoms with Crippen LogP contribution in [0, 0.1) is 0 Å². The molecule has 2 aliphatic rings. The van der Waals surface area contributed by atoms with Gasteiger partial charge in [-0.25, -0.2) is 8.42 Å². The largest absolute Gasteiger partial charge is 0.300 e. The lowest BCUT2D eigenvalue weighted by Gasteiger charge is -2.33. The molecular weight excluding hydrogens is 226 g/mol. The van der Waals surface area contributed by atoms with E-state index in [4.69, 9.17) is 0 Å². The summed E-state index contributed by atoms with van der Waals surface area (Å²) in [5.41, 5.74) is 0. The van der Waals surface area contributed by atoms with Gasteiger partial charge in [0.15, 0.2) is 9.84 Å². The Hall–Kier alpha value is -0.420. The Morgan fingerprint density at radius 2 is 1.81 bits per heavy atom. The smallest absolute Gasteiger partial charge is 0.151 e. The average molecular weight is 245 g/mol. The summed E-state index contributed by atoms with van der Waals surface area (Å²) in [5, 5.41) is 0. The van der Waals surface area contributed by atoms with E-state index in [1.165, 1.54) is 0 Å². The van der Waals surface area contributed by atoms with Crippen LogP contribution in [0.25, 0.3) is 0 Å². The Balaban J connectivity index is 1.94. The normalized spacial score (nSPS) is 30.9. The zero-order valence-electron chi connectivity index (χ0n) is 9.68. The molecule has 2 unspecified atom stereocenters.